The molecule has 0 radical (unpaired) electrons. The Hall–Kier alpha value is -1.41. The van der Waals surface area contributed by atoms with E-state index in [2.05, 4.69) is 25.8 Å². The minimum Gasteiger partial charge on any atom is -0.263 e. The van der Waals surface area contributed by atoms with Gasteiger partial charge in [0, 0.05) is 16.6 Å². The molecular weight excluding hydrogens is 349 g/mol. The molecule has 0 unspecified atom stereocenters. The zero-order valence-electron chi connectivity index (χ0n) is 10.8. The van der Waals surface area contributed by atoms with Gasteiger partial charge >= 0.3 is 0 Å². The molecule has 0 fully saturated rings. The molecule has 0 saturated carbocycles. The third kappa shape index (κ3) is 3.01. The molecule has 1 N–H and O–H groups in total. The molecule has 0 bridgehead atoms. The van der Waals surface area contributed by atoms with Crippen LogP contribution in [0.5, 0.6) is 0 Å². The van der Waals surface area contributed by atoms with Gasteiger partial charge in [0.05, 0.1) is 6.20 Å². The molecule has 2 aromatic rings. The minimum atomic E-state index is -3.99. The van der Waals surface area contributed by atoms with Crippen molar-refractivity contribution in [1.29, 1.82) is 0 Å². The lowest BCUT2D eigenvalue weighted by Crippen LogP contribution is -2.18. The van der Waals surface area contributed by atoms with Crippen LogP contribution in [0, 0.1) is 5.82 Å². The van der Waals surface area contributed by atoms with Gasteiger partial charge in [0.25, 0.3) is 10.0 Å². The molecule has 20 heavy (non-hydrogen) atoms. The molecule has 1 aromatic heterocycles. The highest BCUT2D eigenvalue weighted by Gasteiger charge is 2.21. The van der Waals surface area contributed by atoms with Gasteiger partial charge in [0.1, 0.15) is 16.5 Å². The van der Waals surface area contributed by atoms with Gasteiger partial charge in [-0.3, -0.25) is 4.72 Å². The number of hydrogen-bond donors (Lipinski definition) is 1. The van der Waals surface area contributed by atoms with E-state index < -0.39 is 20.7 Å². The number of nitrogens with one attached hydrogen (secondary N) is 1. The first-order valence-corrected chi connectivity index (χ1v) is 8.10. The summed E-state index contributed by atoms with van der Waals surface area (Å²) in [4.78, 5) is -0.405. The minimum absolute atomic E-state index is 0.0162. The summed E-state index contributed by atoms with van der Waals surface area (Å²) >= 11 is 3.08. The lowest BCUT2D eigenvalue weighted by atomic mass is 10.3. The summed E-state index contributed by atoms with van der Waals surface area (Å²) in [5.74, 6) is -0.523. The van der Waals surface area contributed by atoms with E-state index in [-0.39, 0.29) is 6.04 Å². The second-order valence-corrected chi connectivity index (χ2v) is 7.00. The standard InChI is InChI=1S/C12H13BrFN3O2S/c1-8(2)17-12(5-6-15-17)16-20(18,19)11-4-3-9(13)7-10(11)14/h3-8,16H,1-2H3. The number of sulfonamides is 1. The van der Waals surface area contributed by atoms with Gasteiger partial charge in [-0.2, -0.15) is 5.10 Å². The van der Waals surface area contributed by atoms with E-state index in [9.17, 15) is 12.8 Å². The number of aromatic nitrogens is 2. The molecule has 8 heteroatoms. The molecule has 0 atom stereocenters. The summed E-state index contributed by atoms with van der Waals surface area (Å²) in [6.07, 6.45) is 1.48. The average molecular weight is 362 g/mol. The number of nitrogens with zero attached hydrogens (tertiary/aromatic N) is 2. The Morgan fingerprint density at radius 1 is 1.35 bits per heavy atom. The van der Waals surface area contributed by atoms with Gasteiger partial charge < -0.3 is 0 Å². The van der Waals surface area contributed by atoms with Crippen LogP contribution in [0.1, 0.15) is 19.9 Å². The predicted molar refractivity (Wildman–Crippen MR) is 77.5 cm³/mol. The van der Waals surface area contributed by atoms with E-state index in [0.717, 1.165) is 6.07 Å². The highest BCUT2D eigenvalue weighted by atomic mass is 79.9. The fourth-order valence-corrected chi connectivity index (χ4v) is 3.14. The summed E-state index contributed by atoms with van der Waals surface area (Å²) in [6, 6.07) is 5.29. The van der Waals surface area contributed by atoms with Crippen molar-refractivity contribution in [1.82, 2.24) is 9.78 Å². The first-order valence-electron chi connectivity index (χ1n) is 5.82. The van der Waals surface area contributed by atoms with E-state index in [0.29, 0.717) is 10.3 Å². The Morgan fingerprint density at radius 2 is 2.05 bits per heavy atom. The van der Waals surface area contributed by atoms with Crippen LogP contribution in [0.4, 0.5) is 10.2 Å². The molecule has 2 rings (SSSR count). The van der Waals surface area contributed by atoms with Crippen LogP contribution in [-0.2, 0) is 10.0 Å². The third-order valence-corrected chi connectivity index (χ3v) is 4.46. The first-order chi connectivity index (χ1) is 9.31. The van der Waals surface area contributed by atoms with E-state index >= 15 is 0 Å². The number of halogens is 2. The van der Waals surface area contributed by atoms with Crippen molar-refractivity contribution in [2.45, 2.75) is 24.8 Å². The Balaban J connectivity index is 2.38. The van der Waals surface area contributed by atoms with E-state index in [1.165, 1.54) is 29.1 Å². The van der Waals surface area contributed by atoms with Crippen molar-refractivity contribution in [2.75, 3.05) is 4.72 Å². The summed E-state index contributed by atoms with van der Waals surface area (Å²) in [5.41, 5.74) is 0. The maximum atomic E-state index is 13.8. The van der Waals surface area contributed by atoms with Crippen LogP contribution in [0.15, 0.2) is 39.8 Å². The highest BCUT2D eigenvalue weighted by molar-refractivity contribution is 9.10. The zero-order chi connectivity index (χ0) is 14.9. The van der Waals surface area contributed by atoms with Crippen LogP contribution in [0.2, 0.25) is 0 Å². The fraction of sp³-hybridized carbons (Fsp3) is 0.250. The number of anilines is 1. The van der Waals surface area contributed by atoms with Crippen molar-refractivity contribution < 1.29 is 12.8 Å². The quantitative estimate of drug-likeness (QED) is 0.909. The largest absolute Gasteiger partial charge is 0.265 e. The van der Waals surface area contributed by atoms with Crippen LogP contribution in [-0.4, -0.2) is 18.2 Å². The summed E-state index contributed by atoms with van der Waals surface area (Å²) in [7, 11) is -3.99. The second kappa shape index (κ2) is 5.53. The van der Waals surface area contributed by atoms with Gasteiger partial charge in [0.15, 0.2) is 0 Å². The monoisotopic (exact) mass is 361 g/mol. The molecule has 0 spiro atoms. The van der Waals surface area contributed by atoms with Crippen LogP contribution in [0.25, 0.3) is 0 Å². The topological polar surface area (TPSA) is 64.0 Å². The molecule has 108 valence electrons. The summed E-state index contributed by atoms with van der Waals surface area (Å²) in [6.45, 7) is 3.73. The molecule has 0 amide bonds. The second-order valence-electron chi connectivity index (χ2n) is 4.44. The number of hydrogen-bond acceptors (Lipinski definition) is 3. The molecule has 0 aliphatic rings. The smallest absolute Gasteiger partial charge is 0.263 e. The molecule has 0 aliphatic heterocycles. The van der Waals surface area contributed by atoms with Gasteiger partial charge in [-0.15, -0.1) is 0 Å². The SMILES string of the molecule is CC(C)n1nccc1NS(=O)(=O)c1ccc(Br)cc1F. The maximum Gasteiger partial charge on any atom is 0.265 e. The average Bonchev–Trinajstić information content (AvgIpc) is 2.75. The van der Waals surface area contributed by atoms with E-state index in [1.807, 2.05) is 13.8 Å². The van der Waals surface area contributed by atoms with Crippen molar-refractivity contribution in [2.24, 2.45) is 0 Å². The molecule has 0 saturated heterocycles. The molecule has 5 nitrogen and oxygen atoms in total. The Kier molecular flexibility index (Phi) is 4.14. The Bertz CT molecular complexity index is 728. The van der Waals surface area contributed by atoms with Crippen molar-refractivity contribution in [3.63, 3.8) is 0 Å². The maximum absolute atomic E-state index is 13.8. The van der Waals surface area contributed by atoms with Crippen LogP contribution >= 0.6 is 15.9 Å². The van der Waals surface area contributed by atoms with Gasteiger partial charge in [0.2, 0.25) is 0 Å². The molecule has 1 heterocycles. The lowest BCUT2D eigenvalue weighted by molar-refractivity contribution is 0.538. The molecular formula is C12H13BrFN3O2S. The van der Waals surface area contributed by atoms with Crippen molar-refractivity contribution in [3.8, 4) is 0 Å². The predicted octanol–water partition coefficient (Wildman–Crippen LogP) is 3.17. The molecule has 1 aromatic carbocycles. The normalized spacial score (nSPS) is 11.8. The van der Waals surface area contributed by atoms with Crippen LogP contribution in [0.3, 0.4) is 0 Å². The number of benzene rings is 1. The van der Waals surface area contributed by atoms with Crippen molar-refractivity contribution in [3.05, 3.63) is 40.8 Å². The fourth-order valence-electron chi connectivity index (χ4n) is 1.69. The van der Waals surface area contributed by atoms with E-state index in [4.69, 9.17) is 0 Å². The Labute approximate surface area is 125 Å². The zero-order valence-corrected chi connectivity index (χ0v) is 13.2. The van der Waals surface area contributed by atoms with Gasteiger partial charge in [-0.05, 0) is 32.0 Å². The third-order valence-electron chi connectivity index (χ3n) is 2.58. The van der Waals surface area contributed by atoms with Crippen molar-refractivity contribution >= 4 is 31.8 Å². The molecule has 0 aliphatic carbocycles. The van der Waals surface area contributed by atoms with Gasteiger partial charge in [-0.25, -0.2) is 17.5 Å². The van der Waals surface area contributed by atoms with Gasteiger partial charge in [-0.1, -0.05) is 15.9 Å². The lowest BCUT2D eigenvalue weighted by Gasteiger charge is -2.13. The highest BCUT2D eigenvalue weighted by Crippen LogP contribution is 2.23. The summed E-state index contributed by atoms with van der Waals surface area (Å²) < 4.78 is 42.5. The van der Waals surface area contributed by atoms with E-state index in [1.54, 1.807) is 0 Å². The first kappa shape index (κ1) is 15.0. The Morgan fingerprint density at radius 3 is 2.65 bits per heavy atom. The number of rotatable bonds is 4. The summed E-state index contributed by atoms with van der Waals surface area (Å²) in [5, 5.41) is 4.02. The van der Waals surface area contributed by atoms with Crippen LogP contribution < -0.4 is 4.72 Å².